The van der Waals surface area contributed by atoms with Gasteiger partial charge < -0.3 is 19.5 Å². The maximum absolute atomic E-state index is 13.1. The Bertz CT molecular complexity index is 917. The second-order valence-electron chi connectivity index (χ2n) is 10.3. The van der Waals surface area contributed by atoms with Crippen LogP contribution in [0.25, 0.3) is 11.1 Å². The van der Waals surface area contributed by atoms with Crippen LogP contribution in [-0.2, 0) is 14.2 Å². The van der Waals surface area contributed by atoms with Gasteiger partial charge in [0.05, 0.1) is 12.6 Å². The second-order valence-corrected chi connectivity index (χ2v) is 10.3. The summed E-state index contributed by atoms with van der Waals surface area (Å²) in [5.41, 5.74) is 4.95. The van der Waals surface area contributed by atoms with Gasteiger partial charge in [-0.1, -0.05) is 80.6 Å². The molecule has 1 N–H and O–H groups in total. The van der Waals surface area contributed by atoms with E-state index in [-0.39, 0.29) is 24.3 Å². The molecule has 35 heavy (non-hydrogen) atoms. The Morgan fingerprint density at radius 3 is 2.14 bits per heavy atom. The lowest BCUT2D eigenvalue weighted by atomic mass is 9.86. The average molecular weight is 478 g/mol. The second kappa shape index (κ2) is 12.0. The number of hydrogen-bond donors (Lipinski definition) is 1. The molecule has 1 saturated heterocycles. The highest BCUT2D eigenvalue weighted by atomic mass is 16.7. The van der Waals surface area contributed by atoms with Crippen LogP contribution in [0.5, 0.6) is 0 Å². The number of ether oxygens (including phenoxy) is 3. The predicted molar refractivity (Wildman–Crippen MR) is 137 cm³/mol. The van der Waals surface area contributed by atoms with Crippen molar-refractivity contribution in [3.8, 4) is 11.1 Å². The van der Waals surface area contributed by atoms with E-state index in [9.17, 15) is 4.79 Å². The van der Waals surface area contributed by atoms with Gasteiger partial charge in [0.15, 0.2) is 6.29 Å². The monoisotopic (exact) mass is 477 g/mol. The molecule has 1 heterocycles. The van der Waals surface area contributed by atoms with Crippen molar-refractivity contribution >= 4 is 6.09 Å². The molecular weight excluding hydrogens is 438 g/mol. The van der Waals surface area contributed by atoms with Crippen molar-refractivity contribution in [2.45, 2.75) is 82.5 Å². The number of nitrogens with one attached hydrogen (secondary N) is 1. The molecule has 1 amide bonds. The van der Waals surface area contributed by atoms with Crippen LogP contribution in [0, 0.1) is 5.92 Å². The third kappa shape index (κ3) is 6.07. The molecule has 5 rings (SSSR count). The summed E-state index contributed by atoms with van der Waals surface area (Å²) < 4.78 is 17.8. The Balaban J connectivity index is 1.22. The summed E-state index contributed by atoms with van der Waals surface area (Å²) in [7, 11) is 0. The van der Waals surface area contributed by atoms with Gasteiger partial charge in [-0.05, 0) is 60.3 Å². The first-order valence-electron chi connectivity index (χ1n) is 13.6. The lowest BCUT2D eigenvalue weighted by Crippen LogP contribution is -2.45. The quantitative estimate of drug-likeness (QED) is 0.477. The Hall–Kier alpha value is -2.37. The first-order chi connectivity index (χ1) is 17.3. The van der Waals surface area contributed by atoms with Gasteiger partial charge in [-0.2, -0.15) is 0 Å². The summed E-state index contributed by atoms with van der Waals surface area (Å²) in [5.74, 6) is 0.485. The summed E-state index contributed by atoms with van der Waals surface area (Å²) >= 11 is 0. The van der Waals surface area contributed by atoms with E-state index in [4.69, 9.17) is 14.2 Å². The van der Waals surface area contributed by atoms with Crippen molar-refractivity contribution in [2.24, 2.45) is 5.92 Å². The van der Waals surface area contributed by atoms with Crippen LogP contribution in [0.2, 0.25) is 0 Å². The molecule has 1 unspecified atom stereocenters. The molecule has 2 fully saturated rings. The molecule has 2 aromatic carbocycles. The molecule has 2 atom stereocenters. The number of benzene rings is 2. The van der Waals surface area contributed by atoms with Crippen LogP contribution in [0.4, 0.5) is 4.79 Å². The Morgan fingerprint density at radius 2 is 1.49 bits per heavy atom. The van der Waals surface area contributed by atoms with Crippen molar-refractivity contribution in [1.82, 2.24) is 5.32 Å². The number of alkyl carbamates (subject to hydrolysis) is 1. The standard InChI is InChI=1S/C30H39NO4/c32-30(35-20-27-25-16-8-6-14-23(25)24-15-7-9-17-26(24)27)31-28(21-34-29-18-10-11-19-33-29)22-12-4-2-1-3-5-13-22/h6-9,14-17,22,27-29H,1-5,10-13,18-21H2,(H,31,32)/t28?,29-/m0/s1. The maximum Gasteiger partial charge on any atom is 0.407 e. The Morgan fingerprint density at radius 1 is 0.857 bits per heavy atom. The fourth-order valence-electron chi connectivity index (χ4n) is 6.03. The molecule has 1 saturated carbocycles. The topological polar surface area (TPSA) is 56.8 Å². The van der Waals surface area contributed by atoms with Gasteiger partial charge in [-0.3, -0.25) is 0 Å². The Kier molecular flexibility index (Phi) is 8.37. The van der Waals surface area contributed by atoms with E-state index in [1.807, 2.05) is 0 Å². The van der Waals surface area contributed by atoms with Gasteiger partial charge in [0.2, 0.25) is 0 Å². The van der Waals surface area contributed by atoms with Crippen LogP contribution < -0.4 is 5.32 Å². The summed E-state index contributed by atoms with van der Waals surface area (Å²) in [5, 5.41) is 3.20. The minimum absolute atomic E-state index is 0.0470. The van der Waals surface area contributed by atoms with E-state index >= 15 is 0 Å². The van der Waals surface area contributed by atoms with Crippen molar-refractivity contribution in [3.63, 3.8) is 0 Å². The lowest BCUT2D eigenvalue weighted by Gasteiger charge is -2.31. The molecule has 1 aliphatic heterocycles. The molecule has 2 aliphatic carbocycles. The van der Waals surface area contributed by atoms with Gasteiger partial charge in [-0.15, -0.1) is 0 Å². The molecular formula is C30H39NO4. The number of fused-ring (bicyclic) bond motifs is 3. The fourth-order valence-corrected chi connectivity index (χ4v) is 6.03. The normalized spacial score (nSPS) is 21.9. The summed E-state index contributed by atoms with van der Waals surface area (Å²) in [6.07, 6.45) is 11.2. The molecule has 0 radical (unpaired) electrons. The summed E-state index contributed by atoms with van der Waals surface area (Å²) in [6, 6.07) is 16.8. The Labute approximate surface area is 209 Å². The fraction of sp³-hybridized carbons (Fsp3) is 0.567. The van der Waals surface area contributed by atoms with Crippen LogP contribution in [-0.4, -0.2) is 38.2 Å². The van der Waals surface area contributed by atoms with Gasteiger partial charge in [0, 0.05) is 12.5 Å². The van der Waals surface area contributed by atoms with Crippen molar-refractivity contribution in [2.75, 3.05) is 19.8 Å². The van der Waals surface area contributed by atoms with E-state index < -0.39 is 0 Å². The molecule has 0 spiro atoms. The number of amides is 1. The first-order valence-corrected chi connectivity index (χ1v) is 13.6. The molecule has 0 aromatic heterocycles. The zero-order valence-electron chi connectivity index (χ0n) is 20.8. The predicted octanol–water partition coefficient (Wildman–Crippen LogP) is 6.80. The molecule has 2 aromatic rings. The van der Waals surface area contributed by atoms with Gasteiger partial charge in [0.25, 0.3) is 0 Å². The van der Waals surface area contributed by atoms with Crippen molar-refractivity contribution < 1.29 is 19.0 Å². The van der Waals surface area contributed by atoms with Crippen LogP contribution in [0.1, 0.15) is 81.3 Å². The largest absolute Gasteiger partial charge is 0.449 e. The molecule has 5 nitrogen and oxygen atoms in total. The van der Waals surface area contributed by atoms with Gasteiger partial charge in [-0.25, -0.2) is 4.79 Å². The van der Waals surface area contributed by atoms with E-state index in [2.05, 4.69) is 53.8 Å². The SMILES string of the molecule is O=C(NC(CO[C@H]1CCCCO1)C1CCCCCCC1)OCC1c2ccccc2-c2ccccc21. The van der Waals surface area contributed by atoms with Crippen LogP contribution >= 0.6 is 0 Å². The highest BCUT2D eigenvalue weighted by Gasteiger charge is 2.30. The van der Waals surface area contributed by atoms with Crippen LogP contribution in [0.15, 0.2) is 48.5 Å². The van der Waals surface area contributed by atoms with Crippen molar-refractivity contribution in [3.05, 3.63) is 59.7 Å². The zero-order valence-corrected chi connectivity index (χ0v) is 20.8. The molecule has 5 heteroatoms. The third-order valence-electron chi connectivity index (χ3n) is 7.97. The zero-order chi connectivity index (χ0) is 23.9. The minimum Gasteiger partial charge on any atom is -0.449 e. The highest BCUT2D eigenvalue weighted by molar-refractivity contribution is 5.79. The van der Waals surface area contributed by atoms with E-state index in [0.29, 0.717) is 19.1 Å². The average Bonchev–Trinajstić information content (AvgIpc) is 3.20. The number of carbonyl (C=O) groups is 1. The van der Waals surface area contributed by atoms with Gasteiger partial charge >= 0.3 is 6.09 Å². The number of hydrogen-bond acceptors (Lipinski definition) is 4. The highest BCUT2D eigenvalue weighted by Crippen LogP contribution is 2.44. The van der Waals surface area contributed by atoms with Crippen molar-refractivity contribution in [1.29, 1.82) is 0 Å². The third-order valence-corrected chi connectivity index (χ3v) is 7.97. The minimum atomic E-state index is -0.341. The van der Waals surface area contributed by atoms with E-state index in [0.717, 1.165) is 38.7 Å². The van der Waals surface area contributed by atoms with Crippen LogP contribution in [0.3, 0.4) is 0 Å². The molecule has 0 bridgehead atoms. The van der Waals surface area contributed by atoms with E-state index in [1.54, 1.807) is 0 Å². The summed E-state index contributed by atoms with van der Waals surface area (Å²) in [6.45, 7) is 1.59. The molecule has 3 aliphatic rings. The smallest absolute Gasteiger partial charge is 0.407 e. The lowest BCUT2D eigenvalue weighted by molar-refractivity contribution is -0.167. The maximum atomic E-state index is 13.1. The number of carbonyl (C=O) groups excluding carboxylic acids is 1. The molecule has 188 valence electrons. The first kappa shape index (κ1) is 24.3. The number of rotatable bonds is 7. The summed E-state index contributed by atoms with van der Waals surface area (Å²) in [4.78, 5) is 13.1. The van der Waals surface area contributed by atoms with Gasteiger partial charge in [0.1, 0.15) is 6.61 Å². The van der Waals surface area contributed by atoms with E-state index in [1.165, 1.54) is 54.4 Å².